The highest BCUT2D eigenvalue weighted by Crippen LogP contribution is 2.30. The van der Waals surface area contributed by atoms with E-state index in [2.05, 4.69) is 33.7 Å². The van der Waals surface area contributed by atoms with Crippen molar-refractivity contribution in [2.75, 3.05) is 32.7 Å². The number of benzene rings is 1. The third-order valence-electron chi connectivity index (χ3n) is 3.52. The smallest absolute Gasteiger partial charge is 0.129 e. The van der Waals surface area contributed by atoms with Gasteiger partial charge in [0.05, 0.1) is 5.57 Å². The van der Waals surface area contributed by atoms with Crippen LogP contribution in [0, 0.1) is 0 Å². The maximum atomic E-state index is 11.3. The first kappa shape index (κ1) is 12.6. The molecule has 98 valence electrons. The molecule has 1 aliphatic heterocycles. The van der Waals surface area contributed by atoms with Crippen molar-refractivity contribution in [3.8, 4) is 0 Å². The van der Waals surface area contributed by atoms with Crippen molar-refractivity contribution in [3.63, 3.8) is 0 Å². The zero-order valence-electron chi connectivity index (χ0n) is 10.7. The molecular weight excluding hydrogens is 256 g/mol. The summed E-state index contributed by atoms with van der Waals surface area (Å²) in [7, 11) is 0. The van der Waals surface area contributed by atoms with Gasteiger partial charge in [-0.25, -0.2) is 4.79 Å². The molecule has 0 bridgehead atoms. The van der Waals surface area contributed by atoms with Gasteiger partial charge in [0.15, 0.2) is 0 Å². The van der Waals surface area contributed by atoms with Crippen molar-refractivity contribution >= 4 is 32.9 Å². The van der Waals surface area contributed by atoms with Crippen molar-refractivity contribution in [2.24, 2.45) is 0 Å². The van der Waals surface area contributed by atoms with Gasteiger partial charge in [0.25, 0.3) is 0 Å². The lowest BCUT2D eigenvalue weighted by atomic mass is 10.1. The molecule has 19 heavy (non-hydrogen) atoms. The first-order valence-electron chi connectivity index (χ1n) is 6.52. The first-order chi connectivity index (χ1) is 9.38. The Balaban J connectivity index is 1.88. The molecular formula is C15H16N2OS. The molecule has 0 unspecified atom stereocenters. The van der Waals surface area contributed by atoms with Crippen LogP contribution in [0.1, 0.15) is 5.56 Å². The number of piperazine rings is 1. The minimum absolute atomic E-state index is 0.700. The summed E-state index contributed by atoms with van der Waals surface area (Å²) in [5.41, 5.74) is 1.83. The minimum Gasteiger partial charge on any atom is -0.314 e. The van der Waals surface area contributed by atoms with Gasteiger partial charge in [-0.05, 0) is 6.07 Å². The molecule has 0 saturated carbocycles. The van der Waals surface area contributed by atoms with Crippen LogP contribution in [0.5, 0.6) is 0 Å². The predicted molar refractivity (Wildman–Crippen MR) is 80.2 cm³/mol. The van der Waals surface area contributed by atoms with Gasteiger partial charge >= 0.3 is 0 Å². The zero-order chi connectivity index (χ0) is 13.1. The fourth-order valence-electron chi connectivity index (χ4n) is 2.48. The Morgan fingerprint density at radius 1 is 1.32 bits per heavy atom. The van der Waals surface area contributed by atoms with E-state index in [4.69, 9.17) is 0 Å². The molecule has 0 radical (unpaired) electrons. The number of rotatable bonds is 3. The van der Waals surface area contributed by atoms with E-state index in [0.717, 1.165) is 37.3 Å². The third kappa shape index (κ3) is 2.62. The number of hydrogen-bond acceptors (Lipinski definition) is 4. The van der Waals surface area contributed by atoms with Gasteiger partial charge in [-0.2, -0.15) is 0 Å². The second-order valence-corrected chi connectivity index (χ2v) is 5.66. The molecule has 1 aromatic heterocycles. The predicted octanol–water partition coefficient (Wildman–Crippen LogP) is 2.02. The fraction of sp³-hybridized carbons (Fsp3) is 0.333. The highest BCUT2D eigenvalue weighted by atomic mass is 32.1. The first-order valence-corrected chi connectivity index (χ1v) is 7.40. The lowest BCUT2D eigenvalue weighted by Gasteiger charge is -2.27. The number of nitrogens with zero attached hydrogens (tertiary/aromatic N) is 1. The van der Waals surface area contributed by atoms with Gasteiger partial charge < -0.3 is 5.32 Å². The van der Waals surface area contributed by atoms with E-state index < -0.39 is 0 Å². The van der Waals surface area contributed by atoms with Crippen molar-refractivity contribution in [2.45, 2.75) is 0 Å². The Hall–Kier alpha value is -1.45. The van der Waals surface area contributed by atoms with E-state index >= 15 is 0 Å². The quantitative estimate of drug-likeness (QED) is 0.868. The molecule has 3 nitrogen and oxygen atoms in total. The van der Waals surface area contributed by atoms with E-state index in [-0.39, 0.29) is 0 Å². The average molecular weight is 272 g/mol. The van der Waals surface area contributed by atoms with Gasteiger partial charge in [0.1, 0.15) is 5.94 Å². The monoisotopic (exact) mass is 272 g/mol. The molecule has 0 amide bonds. The molecule has 4 heteroatoms. The van der Waals surface area contributed by atoms with Crippen molar-refractivity contribution < 1.29 is 4.79 Å². The molecule has 1 fully saturated rings. The number of fused-ring (bicyclic) bond motifs is 1. The highest BCUT2D eigenvalue weighted by molar-refractivity contribution is 7.17. The zero-order valence-corrected chi connectivity index (χ0v) is 11.5. The molecule has 0 spiro atoms. The summed E-state index contributed by atoms with van der Waals surface area (Å²) in [4.78, 5) is 13.6. The van der Waals surface area contributed by atoms with Crippen LogP contribution < -0.4 is 5.32 Å². The molecule has 3 rings (SSSR count). The van der Waals surface area contributed by atoms with E-state index in [0.29, 0.717) is 6.54 Å². The maximum Gasteiger partial charge on any atom is 0.129 e. The van der Waals surface area contributed by atoms with Gasteiger partial charge in [-0.15, -0.1) is 11.3 Å². The van der Waals surface area contributed by atoms with E-state index in [9.17, 15) is 4.79 Å². The normalized spacial score (nSPS) is 16.4. The second kappa shape index (κ2) is 5.68. The Morgan fingerprint density at radius 3 is 2.89 bits per heavy atom. The third-order valence-corrected chi connectivity index (χ3v) is 4.48. The van der Waals surface area contributed by atoms with Crippen LogP contribution in [0.2, 0.25) is 0 Å². The summed E-state index contributed by atoms with van der Waals surface area (Å²) < 4.78 is 1.23. The minimum atomic E-state index is 0.700. The molecule has 2 aromatic rings. The number of carbonyl (C=O) groups excluding carboxylic acids is 1. The average Bonchev–Trinajstić information content (AvgIpc) is 2.90. The molecule has 0 atom stereocenters. The summed E-state index contributed by atoms with van der Waals surface area (Å²) in [5, 5.41) is 6.57. The van der Waals surface area contributed by atoms with Crippen molar-refractivity contribution in [3.05, 3.63) is 35.2 Å². The number of nitrogens with one attached hydrogen (secondary N) is 1. The van der Waals surface area contributed by atoms with Crippen LogP contribution in [-0.2, 0) is 4.79 Å². The summed E-state index contributed by atoms with van der Waals surface area (Å²) in [6.45, 7) is 4.68. The molecule has 1 aromatic carbocycles. The molecule has 2 heterocycles. The van der Waals surface area contributed by atoms with Gasteiger partial charge in [-0.1, -0.05) is 18.2 Å². The van der Waals surface area contributed by atoms with Crippen molar-refractivity contribution in [1.82, 2.24) is 10.2 Å². The molecule has 1 aliphatic rings. The van der Waals surface area contributed by atoms with Crippen LogP contribution >= 0.6 is 11.3 Å². The van der Waals surface area contributed by atoms with E-state index in [1.165, 1.54) is 10.1 Å². The van der Waals surface area contributed by atoms with Crippen LogP contribution in [0.3, 0.4) is 0 Å². The second-order valence-electron chi connectivity index (χ2n) is 4.75. The topological polar surface area (TPSA) is 32.3 Å². The SMILES string of the molecule is O=C=C(CN1CCNCC1)c1csc2ccccc12. The van der Waals surface area contributed by atoms with E-state index in [1.54, 1.807) is 11.3 Å². The van der Waals surface area contributed by atoms with E-state index in [1.807, 2.05) is 12.1 Å². The molecule has 1 saturated heterocycles. The molecule has 1 N–H and O–H groups in total. The Bertz CT molecular complexity index is 622. The summed E-state index contributed by atoms with van der Waals surface area (Å²) >= 11 is 1.69. The summed E-state index contributed by atoms with van der Waals surface area (Å²) in [6.07, 6.45) is 0. The number of thiophene rings is 1. The van der Waals surface area contributed by atoms with Gasteiger partial charge in [-0.3, -0.25) is 4.90 Å². The van der Waals surface area contributed by atoms with Crippen LogP contribution in [0.25, 0.3) is 15.7 Å². The number of hydrogen-bond donors (Lipinski definition) is 1. The lowest BCUT2D eigenvalue weighted by Crippen LogP contribution is -2.44. The Morgan fingerprint density at radius 2 is 2.11 bits per heavy atom. The van der Waals surface area contributed by atoms with Gasteiger partial charge in [0, 0.05) is 53.8 Å². The van der Waals surface area contributed by atoms with Crippen LogP contribution in [-0.4, -0.2) is 43.6 Å². The lowest BCUT2D eigenvalue weighted by molar-refractivity contribution is 0.268. The fourth-order valence-corrected chi connectivity index (χ4v) is 3.45. The molecule has 0 aliphatic carbocycles. The van der Waals surface area contributed by atoms with Gasteiger partial charge in [0.2, 0.25) is 0 Å². The van der Waals surface area contributed by atoms with Crippen LogP contribution in [0.4, 0.5) is 0 Å². The summed E-state index contributed by atoms with van der Waals surface area (Å²) in [6, 6.07) is 8.22. The Labute approximate surface area is 116 Å². The summed E-state index contributed by atoms with van der Waals surface area (Å²) in [5.74, 6) is 2.16. The largest absolute Gasteiger partial charge is 0.314 e. The highest BCUT2D eigenvalue weighted by Gasteiger charge is 2.15. The van der Waals surface area contributed by atoms with Crippen molar-refractivity contribution in [1.29, 1.82) is 0 Å². The Kier molecular flexibility index (Phi) is 3.76. The maximum absolute atomic E-state index is 11.3. The van der Waals surface area contributed by atoms with Crippen LogP contribution in [0.15, 0.2) is 29.6 Å². The standard InChI is InChI=1S/C15H16N2OS/c18-10-12(9-17-7-5-16-6-8-17)14-11-19-15-4-2-1-3-13(14)15/h1-4,11,16H,5-9H2.